The van der Waals surface area contributed by atoms with E-state index in [1.807, 2.05) is 13.8 Å². The Balaban J connectivity index is 1.69. The monoisotopic (exact) mass is 588 g/mol. The number of sulfonamides is 1. The summed E-state index contributed by atoms with van der Waals surface area (Å²) in [4.78, 5) is 18.9. The van der Waals surface area contributed by atoms with Gasteiger partial charge in [-0.05, 0) is 44.2 Å². The van der Waals surface area contributed by atoms with Crippen LogP contribution in [0.5, 0.6) is 11.5 Å². The van der Waals surface area contributed by atoms with E-state index in [9.17, 15) is 13.2 Å². The number of carbonyl (C=O) groups excluding carboxylic acids is 1. The van der Waals surface area contributed by atoms with Crippen molar-refractivity contribution >= 4 is 33.5 Å². The average molecular weight is 589 g/mol. The van der Waals surface area contributed by atoms with Crippen LogP contribution in [0.1, 0.15) is 29.9 Å². The zero-order valence-corrected chi connectivity index (χ0v) is 24.0. The first-order valence-corrected chi connectivity index (χ1v) is 14.4. The van der Waals surface area contributed by atoms with Crippen molar-refractivity contribution in [3.05, 3.63) is 65.1 Å². The molecule has 0 radical (unpaired) electrons. The Morgan fingerprint density at radius 1 is 1.10 bits per heavy atom. The van der Waals surface area contributed by atoms with Crippen molar-refractivity contribution in [1.82, 2.24) is 24.6 Å². The molecule has 0 saturated heterocycles. The molecule has 3 heterocycles. The van der Waals surface area contributed by atoms with Crippen molar-refractivity contribution in [3.8, 4) is 28.8 Å². The number of ether oxygens (including phenoxy) is 2. The second-order valence-corrected chi connectivity index (χ2v) is 10.7. The number of anilines is 1. The Kier molecular flexibility index (Phi) is 8.95. The van der Waals surface area contributed by atoms with Crippen LogP contribution >= 0.6 is 11.6 Å². The lowest BCUT2D eigenvalue weighted by Gasteiger charge is -2.20. The summed E-state index contributed by atoms with van der Waals surface area (Å²) in [6, 6.07) is 9.98. The highest BCUT2D eigenvalue weighted by atomic mass is 35.5. The lowest BCUT2D eigenvalue weighted by Crippen LogP contribution is -2.32. The molecule has 0 aliphatic heterocycles. The van der Waals surface area contributed by atoms with Crippen LogP contribution in [0, 0.1) is 0 Å². The van der Waals surface area contributed by atoms with Gasteiger partial charge in [0.25, 0.3) is 5.91 Å². The fourth-order valence-corrected chi connectivity index (χ4v) is 5.27. The molecule has 4 rings (SSSR count). The molecule has 0 atom stereocenters. The molecule has 0 aliphatic carbocycles. The smallest absolute Gasteiger partial charge is 0.255 e. The Hall–Kier alpha value is -4.10. The molecule has 1 amide bonds. The number of halogens is 1. The molecule has 1 N–H and O–H groups in total. The number of hydrogen-bond acceptors (Lipinski definition) is 9. The largest absolute Gasteiger partial charge is 0.494 e. The fraction of sp³-hybridized carbons (Fsp3) is 0.308. The van der Waals surface area contributed by atoms with E-state index in [-0.39, 0.29) is 34.7 Å². The molecule has 0 fully saturated rings. The van der Waals surface area contributed by atoms with Gasteiger partial charge in [0.1, 0.15) is 17.2 Å². The molecule has 0 aliphatic rings. The van der Waals surface area contributed by atoms with Crippen molar-refractivity contribution in [1.29, 1.82) is 0 Å². The summed E-state index contributed by atoms with van der Waals surface area (Å²) in [5.74, 6) is 0.554. The zero-order chi connectivity index (χ0) is 28.9. The van der Waals surface area contributed by atoms with E-state index in [1.54, 1.807) is 35.2 Å². The zero-order valence-electron chi connectivity index (χ0n) is 22.4. The van der Waals surface area contributed by atoms with E-state index in [0.717, 1.165) is 0 Å². The van der Waals surface area contributed by atoms with Crippen LogP contribution in [0.25, 0.3) is 17.3 Å². The third-order valence-electron chi connectivity index (χ3n) is 6.10. The highest BCUT2D eigenvalue weighted by Crippen LogP contribution is 2.37. The maximum atomic E-state index is 13.3. The van der Waals surface area contributed by atoms with Gasteiger partial charge in [0.2, 0.25) is 21.8 Å². The molecule has 0 spiro atoms. The van der Waals surface area contributed by atoms with Crippen molar-refractivity contribution < 1.29 is 27.1 Å². The molecular weight excluding hydrogens is 560 g/mol. The van der Waals surface area contributed by atoms with E-state index in [0.29, 0.717) is 41.7 Å². The van der Waals surface area contributed by atoms with Crippen molar-refractivity contribution in [2.45, 2.75) is 20.3 Å². The summed E-state index contributed by atoms with van der Waals surface area (Å²) >= 11 is 6.11. The van der Waals surface area contributed by atoms with Gasteiger partial charge in [-0.2, -0.15) is 0 Å². The number of rotatable bonds is 12. The predicted molar refractivity (Wildman–Crippen MR) is 150 cm³/mol. The molecule has 12 nitrogen and oxygen atoms in total. The van der Waals surface area contributed by atoms with Gasteiger partial charge in [0, 0.05) is 25.7 Å². The average Bonchev–Trinajstić information content (AvgIpc) is 3.62. The van der Waals surface area contributed by atoms with E-state index in [2.05, 4.69) is 19.9 Å². The van der Waals surface area contributed by atoms with Crippen LogP contribution in [0.2, 0.25) is 5.02 Å². The number of nitrogens with one attached hydrogen (secondary N) is 1. The highest BCUT2D eigenvalue weighted by molar-refractivity contribution is 7.92. The minimum Gasteiger partial charge on any atom is -0.494 e. The molecule has 14 heteroatoms. The van der Waals surface area contributed by atoms with Gasteiger partial charge in [-0.3, -0.25) is 19.1 Å². The summed E-state index contributed by atoms with van der Waals surface area (Å²) in [5, 5.41) is 8.56. The topological polar surface area (TPSA) is 142 Å². The van der Waals surface area contributed by atoms with Crippen molar-refractivity contribution in [2.24, 2.45) is 0 Å². The predicted octanol–water partition coefficient (Wildman–Crippen LogP) is 4.06. The molecule has 0 unspecified atom stereocenters. The number of nitrogens with zero attached hydrogens (tertiary/aromatic N) is 5. The van der Waals surface area contributed by atoms with Gasteiger partial charge in [-0.25, -0.2) is 8.42 Å². The Bertz CT molecular complexity index is 1560. The summed E-state index contributed by atoms with van der Waals surface area (Å²) in [5.41, 5.74) is 0.942. The number of methoxy groups -OCH3 is 2. The first-order valence-electron chi connectivity index (χ1n) is 12.4. The maximum Gasteiger partial charge on any atom is 0.255 e. The number of aryl methyl sites for hydroxylation is 1. The van der Waals surface area contributed by atoms with E-state index < -0.39 is 15.8 Å². The van der Waals surface area contributed by atoms with Crippen LogP contribution in [0.4, 0.5) is 5.95 Å². The van der Waals surface area contributed by atoms with E-state index >= 15 is 0 Å². The molecular formula is C26H29ClN6O6S. The van der Waals surface area contributed by atoms with Crippen LogP contribution < -0.4 is 14.2 Å². The number of furan rings is 1. The van der Waals surface area contributed by atoms with E-state index in [4.69, 9.17) is 25.5 Å². The second-order valence-electron chi connectivity index (χ2n) is 8.47. The van der Waals surface area contributed by atoms with Crippen LogP contribution in [0.15, 0.2) is 53.3 Å². The molecule has 40 heavy (non-hydrogen) atoms. The third-order valence-corrected chi connectivity index (χ3v) is 7.54. The number of amides is 1. The maximum absolute atomic E-state index is 13.3. The number of benzene rings is 1. The summed E-state index contributed by atoms with van der Waals surface area (Å²) in [6.45, 7) is 4.69. The third kappa shape index (κ3) is 6.05. The summed E-state index contributed by atoms with van der Waals surface area (Å²) < 4.78 is 47.2. The number of aromatic nitrogens is 4. The van der Waals surface area contributed by atoms with Gasteiger partial charge in [0.05, 0.1) is 42.5 Å². The lowest BCUT2D eigenvalue weighted by atomic mass is 10.1. The van der Waals surface area contributed by atoms with Gasteiger partial charge < -0.3 is 18.8 Å². The summed E-state index contributed by atoms with van der Waals surface area (Å²) in [6.07, 6.45) is 2.80. The molecule has 0 saturated carbocycles. The van der Waals surface area contributed by atoms with Gasteiger partial charge >= 0.3 is 0 Å². The number of para-hydroxylation sites is 1. The number of pyridine rings is 1. The van der Waals surface area contributed by atoms with E-state index in [1.165, 1.54) is 37.3 Å². The fourth-order valence-electron chi connectivity index (χ4n) is 4.13. The van der Waals surface area contributed by atoms with Crippen molar-refractivity contribution in [2.75, 3.05) is 37.8 Å². The second kappa shape index (κ2) is 12.4. The first kappa shape index (κ1) is 28.9. The highest BCUT2D eigenvalue weighted by Gasteiger charge is 2.27. The normalized spacial score (nSPS) is 11.3. The molecule has 4 aromatic rings. The van der Waals surface area contributed by atoms with Crippen LogP contribution in [-0.4, -0.2) is 72.0 Å². The van der Waals surface area contributed by atoms with Gasteiger partial charge in [-0.15, -0.1) is 10.2 Å². The lowest BCUT2D eigenvalue weighted by molar-refractivity contribution is 0.0771. The Labute approximate surface area is 236 Å². The number of hydrogen-bond donors (Lipinski definition) is 1. The minimum absolute atomic E-state index is 0.0496. The molecule has 212 valence electrons. The van der Waals surface area contributed by atoms with Gasteiger partial charge in [-0.1, -0.05) is 17.7 Å². The first-order chi connectivity index (χ1) is 19.2. The Morgan fingerprint density at radius 2 is 1.80 bits per heavy atom. The SMILES string of the molecule is CCN(CC)C(=O)c1cc(Cl)cnc1CCS(=O)(=O)Nc1nnc(-c2ccco2)n1-c1c(OC)cccc1OC. The molecule has 1 aromatic carbocycles. The van der Waals surface area contributed by atoms with Crippen LogP contribution in [0.3, 0.4) is 0 Å². The van der Waals surface area contributed by atoms with Crippen molar-refractivity contribution in [3.63, 3.8) is 0 Å². The minimum atomic E-state index is -4.03. The van der Waals surface area contributed by atoms with Crippen LogP contribution in [-0.2, 0) is 16.4 Å². The quantitative estimate of drug-likeness (QED) is 0.259. The standard InChI is InChI=1S/C26H29ClN6O6S/c1-5-32(6-2)25(34)18-15-17(27)16-28-19(18)12-14-40(35,36)31-26-30-29-24(22-11-8-13-39-22)33(26)23-20(37-3)9-7-10-21(23)38-4/h7-11,13,15-16H,5-6,12,14H2,1-4H3,(H,30,31). The molecule has 0 bridgehead atoms. The van der Waals surface area contributed by atoms with Gasteiger partial charge in [0.15, 0.2) is 5.76 Å². The summed E-state index contributed by atoms with van der Waals surface area (Å²) in [7, 11) is -1.06. The Morgan fingerprint density at radius 3 is 2.40 bits per heavy atom. The number of carbonyl (C=O) groups is 1. The molecule has 3 aromatic heterocycles.